The molecule has 0 aliphatic heterocycles. The van der Waals surface area contributed by atoms with Crippen LogP contribution >= 0.6 is 39.0 Å². The normalized spacial score (nSPS) is 11.1. The summed E-state index contributed by atoms with van der Waals surface area (Å²) in [5.41, 5.74) is 0.842. The van der Waals surface area contributed by atoms with Crippen LogP contribution in [-0.4, -0.2) is 20.9 Å². The Bertz CT molecular complexity index is 722. The predicted octanol–water partition coefficient (Wildman–Crippen LogP) is 4.06. The highest BCUT2D eigenvalue weighted by Crippen LogP contribution is 2.27. The van der Waals surface area contributed by atoms with E-state index >= 15 is 0 Å². The SMILES string of the molecule is O=C(CSc1ccccc1Br)Cc1cn2ccsc2n1. The third-order valence-corrected chi connectivity index (χ3v) is 5.60. The summed E-state index contributed by atoms with van der Waals surface area (Å²) >= 11 is 6.62. The summed E-state index contributed by atoms with van der Waals surface area (Å²) in [5, 5.41) is 1.98. The van der Waals surface area contributed by atoms with Gasteiger partial charge >= 0.3 is 0 Å². The summed E-state index contributed by atoms with van der Waals surface area (Å²) in [6, 6.07) is 7.93. The number of thiazole rings is 1. The van der Waals surface area contributed by atoms with Crippen LogP contribution in [0.25, 0.3) is 4.96 Å². The van der Waals surface area contributed by atoms with Crippen molar-refractivity contribution in [1.82, 2.24) is 9.38 Å². The van der Waals surface area contributed by atoms with Crippen molar-refractivity contribution < 1.29 is 4.79 Å². The number of thioether (sulfide) groups is 1. The average Bonchev–Trinajstić information content (AvgIpc) is 2.98. The van der Waals surface area contributed by atoms with Gasteiger partial charge in [-0.2, -0.15) is 0 Å². The number of aromatic nitrogens is 2. The molecule has 2 aromatic heterocycles. The fourth-order valence-electron chi connectivity index (χ4n) is 1.83. The fourth-order valence-corrected chi connectivity index (χ4v) is 3.98. The third-order valence-electron chi connectivity index (χ3n) is 2.75. The minimum absolute atomic E-state index is 0.191. The number of hydrogen-bond donors (Lipinski definition) is 0. The molecule has 3 rings (SSSR count). The first-order valence-electron chi connectivity index (χ1n) is 6.02. The van der Waals surface area contributed by atoms with Crippen LogP contribution in [0, 0.1) is 0 Å². The van der Waals surface area contributed by atoms with E-state index in [1.54, 1.807) is 23.1 Å². The van der Waals surface area contributed by atoms with E-state index in [0.717, 1.165) is 20.0 Å². The van der Waals surface area contributed by atoms with E-state index < -0.39 is 0 Å². The second-order valence-corrected chi connectivity index (χ2v) is 7.00. The number of ketones is 1. The predicted molar refractivity (Wildman–Crippen MR) is 86.6 cm³/mol. The molecule has 0 spiro atoms. The molecule has 0 atom stereocenters. The molecular weight excluding hydrogens is 356 g/mol. The Morgan fingerprint density at radius 3 is 3.05 bits per heavy atom. The van der Waals surface area contributed by atoms with E-state index in [-0.39, 0.29) is 5.78 Å². The topological polar surface area (TPSA) is 34.4 Å². The minimum atomic E-state index is 0.191. The minimum Gasteiger partial charge on any atom is -0.298 e. The Morgan fingerprint density at radius 1 is 1.40 bits per heavy atom. The summed E-state index contributed by atoms with van der Waals surface area (Å²) in [4.78, 5) is 18.5. The van der Waals surface area contributed by atoms with Gasteiger partial charge in [0.1, 0.15) is 5.78 Å². The van der Waals surface area contributed by atoms with Crippen molar-refractivity contribution in [2.75, 3.05) is 5.75 Å². The van der Waals surface area contributed by atoms with Crippen molar-refractivity contribution in [1.29, 1.82) is 0 Å². The molecule has 0 aliphatic rings. The highest BCUT2D eigenvalue weighted by Gasteiger charge is 2.10. The van der Waals surface area contributed by atoms with Gasteiger partial charge in [0.2, 0.25) is 0 Å². The molecule has 1 aromatic carbocycles. The van der Waals surface area contributed by atoms with Gasteiger partial charge in [0.05, 0.1) is 17.9 Å². The van der Waals surface area contributed by atoms with Gasteiger partial charge in [-0.1, -0.05) is 12.1 Å². The van der Waals surface area contributed by atoms with Crippen LogP contribution < -0.4 is 0 Å². The number of carbonyl (C=O) groups is 1. The first kappa shape index (κ1) is 13.9. The van der Waals surface area contributed by atoms with E-state index in [1.165, 1.54) is 0 Å². The van der Waals surface area contributed by atoms with E-state index in [9.17, 15) is 4.79 Å². The maximum atomic E-state index is 12.0. The summed E-state index contributed by atoms with van der Waals surface area (Å²) in [6.45, 7) is 0. The Labute approximate surface area is 133 Å². The monoisotopic (exact) mass is 366 g/mol. The Hall–Kier alpha value is -1.11. The molecular formula is C14H11BrN2OS2. The number of nitrogens with zero attached hydrogens (tertiary/aromatic N) is 2. The van der Waals surface area contributed by atoms with Gasteiger partial charge in [0.25, 0.3) is 0 Å². The molecule has 0 unspecified atom stereocenters. The summed E-state index contributed by atoms with van der Waals surface area (Å²) in [5.74, 6) is 0.657. The molecule has 3 nitrogen and oxygen atoms in total. The van der Waals surface area contributed by atoms with Crippen LogP contribution in [-0.2, 0) is 11.2 Å². The van der Waals surface area contributed by atoms with E-state index in [0.29, 0.717) is 12.2 Å². The molecule has 0 saturated carbocycles. The van der Waals surface area contributed by atoms with Crippen LogP contribution in [0.1, 0.15) is 5.69 Å². The van der Waals surface area contributed by atoms with Crippen LogP contribution in [0.4, 0.5) is 0 Å². The first-order chi connectivity index (χ1) is 9.72. The number of rotatable bonds is 5. The number of Topliss-reactive ketones (excluding diaryl/α,β-unsaturated/α-hetero) is 1. The molecule has 102 valence electrons. The smallest absolute Gasteiger partial charge is 0.193 e. The fraction of sp³-hybridized carbons (Fsp3) is 0.143. The first-order valence-corrected chi connectivity index (χ1v) is 8.68. The van der Waals surface area contributed by atoms with Gasteiger partial charge in [0.15, 0.2) is 4.96 Å². The van der Waals surface area contributed by atoms with Crippen LogP contribution in [0.15, 0.2) is 51.4 Å². The zero-order valence-corrected chi connectivity index (χ0v) is 13.7. The molecule has 0 saturated heterocycles. The lowest BCUT2D eigenvalue weighted by Gasteiger charge is -2.02. The third kappa shape index (κ3) is 3.13. The molecule has 2 heterocycles. The molecule has 0 radical (unpaired) electrons. The maximum Gasteiger partial charge on any atom is 0.193 e. The zero-order chi connectivity index (χ0) is 13.9. The summed E-state index contributed by atoms with van der Waals surface area (Å²) in [6.07, 6.45) is 4.27. The van der Waals surface area contributed by atoms with Crippen molar-refractivity contribution in [3.8, 4) is 0 Å². The van der Waals surface area contributed by atoms with Crippen molar-refractivity contribution >= 4 is 49.8 Å². The number of imidazole rings is 1. The Morgan fingerprint density at radius 2 is 2.25 bits per heavy atom. The second kappa shape index (κ2) is 6.11. The molecule has 0 bridgehead atoms. The molecule has 6 heteroatoms. The number of fused-ring (bicyclic) bond motifs is 1. The van der Waals surface area contributed by atoms with Gasteiger partial charge < -0.3 is 0 Å². The maximum absolute atomic E-state index is 12.0. The van der Waals surface area contributed by atoms with Gasteiger partial charge in [0, 0.05) is 27.1 Å². The Kier molecular flexibility index (Phi) is 4.24. The van der Waals surface area contributed by atoms with Crippen molar-refractivity contribution in [2.45, 2.75) is 11.3 Å². The standard InChI is InChI=1S/C14H11BrN2OS2/c15-12-3-1-2-4-13(12)20-9-11(18)7-10-8-17-5-6-19-14(17)16-10/h1-6,8H,7,9H2. The molecule has 0 fully saturated rings. The van der Waals surface area contributed by atoms with Gasteiger partial charge in [-0.3, -0.25) is 9.20 Å². The molecule has 0 N–H and O–H groups in total. The largest absolute Gasteiger partial charge is 0.298 e. The van der Waals surface area contributed by atoms with Gasteiger partial charge in [-0.25, -0.2) is 4.98 Å². The number of hydrogen-bond acceptors (Lipinski definition) is 4. The van der Waals surface area contributed by atoms with E-state index in [4.69, 9.17) is 0 Å². The molecule has 0 aliphatic carbocycles. The van der Waals surface area contributed by atoms with Crippen molar-refractivity contribution in [3.63, 3.8) is 0 Å². The summed E-state index contributed by atoms with van der Waals surface area (Å²) < 4.78 is 2.98. The van der Waals surface area contributed by atoms with Crippen molar-refractivity contribution in [2.24, 2.45) is 0 Å². The molecule has 0 amide bonds. The number of carbonyl (C=O) groups excluding carboxylic acids is 1. The summed E-state index contributed by atoms with van der Waals surface area (Å²) in [7, 11) is 0. The number of halogens is 1. The lowest BCUT2D eigenvalue weighted by atomic mass is 10.2. The van der Waals surface area contributed by atoms with Crippen molar-refractivity contribution in [3.05, 3.63) is 52.2 Å². The molecule has 20 heavy (non-hydrogen) atoms. The zero-order valence-electron chi connectivity index (χ0n) is 10.5. The Balaban J connectivity index is 1.60. The van der Waals surface area contributed by atoms with Gasteiger partial charge in [-0.15, -0.1) is 23.1 Å². The van der Waals surface area contributed by atoms with Crippen LogP contribution in [0.5, 0.6) is 0 Å². The van der Waals surface area contributed by atoms with E-state index in [2.05, 4.69) is 20.9 Å². The second-order valence-electron chi connectivity index (χ2n) is 4.26. The lowest BCUT2D eigenvalue weighted by molar-refractivity contribution is -0.116. The lowest BCUT2D eigenvalue weighted by Crippen LogP contribution is -2.05. The van der Waals surface area contributed by atoms with E-state index in [1.807, 2.05) is 46.4 Å². The van der Waals surface area contributed by atoms with Gasteiger partial charge in [-0.05, 0) is 28.1 Å². The van der Waals surface area contributed by atoms with Crippen LogP contribution in [0.3, 0.4) is 0 Å². The highest BCUT2D eigenvalue weighted by atomic mass is 79.9. The molecule has 3 aromatic rings. The average molecular weight is 367 g/mol. The van der Waals surface area contributed by atoms with Crippen LogP contribution in [0.2, 0.25) is 0 Å². The quantitative estimate of drug-likeness (QED) is 0.638. The number of benzene rings is 1. The highest BCUT2D eigenvalue weighted by molar-refractivity contribution is 9.10.